The Hall–Kier alpha value is -1.78. The second-order valence-corrected chi connectivity index (χ2v) is 9.47. The van der Waals surface area contributed by atoms with Crippen LogP contribution in [-0.2, 0) is 22.9 Å². The second-order valence-electron chi connectivity index (χ2n) is 7.44. The molecule has 2 aromatic rings. The number of benzene rings is 1. The molecule has 168 valence electrons. The van der Waals surface area contributed by atoms with Crippen LogP contribution in [0.5, 0.6) is 0 Å². The van der Waals surface area contributed by atoms with Crippen LogP contribution < -0.4 is 11.4 Å². The van der Waals surface area contributed by atoms with Gasteiger partial charge in [-0.2, -0.15) is 4.98 Å². The molecule has 1 aromatic carbocycles. The third-order valence-corrected chi connectivity index (χ3v) is 7.17. The van der Waals surface area contributed by atoms with Crippen molar-refractivity contribution < 1.29 is 28.0 Å². The Labute approximate surface area is 183 Å². The van der Waals surface area contributed by atoms with E-state index in [1.54, 1.807) is 25.1 Å². The number of aromatic nitrogens is 2. The summed E-state index contributed by atoms with van der Waals surface area (Å²) in [5, 5.41) is 11.1. The van der Waals surface area contributed by atoms with Crippen molar-refractivity contribution in [3.63, 3.8) is 0 Å². The van der Waals surface area contributed by atoms with E-state index in [2.05, 4.69) is 4.98 Å². The fraction of sp³-hybridized carbons (Fsp3) is 0.474. The quantitative estimate of drug-likeness (QED) is 0.631. The average Bonchev–Trinajstić information content (AvgIpc) is 3.01. The monoisotopic (exact) mass is 471 g/mol. The van der Waals surface area contributed by atoms with E-state index in [4.69, 9.17) is 35.6 Å². The van der Waals surface area contributed by atoms with Crippen LogP contribution in [0.4, 0.5) is 5.82 Å². The van der Waals surface area contributed by atoms with Crippen molar-refractivity contribution >= 4 is 25.2 Å². The zero-order valence-corrected chi connectivity index (χ0v) is 18.3. The number of nitrogens with two attached hydrogens (primary N) is 1. The molecule has 31 heavy (non-hydrogen) atoms. The molecule has 10 nitrogen and oxygen atoms in total. The number of halogens is 1. The minimum Gasteiger partial charge on any atom is -0.390 e. The molecule has 4 rings (SSSR count). The Balaban J connectivity index is 1.43. The van der Waals surface area contributed by atoms with Crippen LogP contribution in [0.25, 0.3) is 0 Å². The Morgan fingerprint density at radius 2 is 2.16 bits per heavy atom. The van der Waals surface area contributed by atoms with Crippen LogP contribution in [0.2, 0.25) is 5.02 Å². The number of aliphatic hydroxyl groups is 1. The maximum Gasteiger partial charge on any atom is 0.475 e. The van der Waals surface area contributed by atoms with Crippen molar-refractivity contribution in [1.29, 1.82) is 0 Å². The number of nitrogen functional groups attached to an aromatic ring is 1. The lowest BCUT2D eigenvalue weighted by Gasteiger charge is -2.30. The number of hydrogen-bond acceptors (Lipinski definition) is 9. The maximum absolute atomic E-state index is 13.0. The molecule has 0 amide bonds. The molecule has 2 fully saturated rings. The van der Waals surface area contributed by atoms with Gasteiger partial charge < -0.3 is 15.6 Å². The maximum atomic E-state index is 13.0. The third-order valence-electron chi connectivity index (χ3n) is 5.34. The number of anilines is 1. The number of rotatable bonds is 5. The van der Waals surface area contributed by atoms with Gasteiger partial charge in [0.1, 0.15) is 18.1 Å². The third kappa shape index (κ3) is 4.70. The molecule has 0 aliphatic carbocycles. The first kappa shape index (κ1) is 22.4. The van der Waals surface area contributed by atoms with Crippen molar-refractivity contribution in [3.05, 3.63) is 57.6 Å². The molecular formula is C19H23ClN3O7P. The van der Waals surface area contributed by atoms with E-state index in [9.17, 15) is 14.5 Å². The Bertz CT molecular complexity index is 1050. The van der Waals surface area contributed by atoms with Gasteiger partial charge in [0.25, 0.3) is 0 Å². The molecule has 2 aliphatic heterocycles. The first-order valence-electron chi connectivity index (χ1n) is 9.77. The van der Waals surface area contributed by atoms with Gasteiger partial charge in [0.05, 0.1) is 25.4 Å². The highest BCUT2D eigenvalue weighted by molar-refractivity contribution is 7.48. The SMILES string of the molecule is C[C@H]1[C@H](O)C(COP2(=O)OCCC(c3ccccc3Cl)O2)O[C@H]1n1ccc(N)nc1=O. The summed E-state index contributed by atoms with van der Waals surface area (Å²) in [7, 11) is -3.91. The van der Waals surface area contributed by atoms with E-state index in [1.165, 1.54) is 16.8 Å². The number of ether oxygens (including phenoxy) is 1. The highest BCUT2D eigenvalue weighted by Crippen LogP contribution is 2.57. The van der Waals surface area contributed by atoms with Crippen molar-refractivity contribution in [2.75, 3.05) is 18.9 Å². The van der Waals surface area contributed by atoms with E-state index in [0.717, 1.165) is 0 Å². The lowest BCUT2D eigenvalue weighted by molar-refractivity contribution is -0.0561. The van der Waals surface area contributed by atoms with Gasteiger partial charge in [-0.1, -0.05) is 36.7 Å². The molecule has 6 atom stereocenters. The molecule has 0 spiro atoms. The molecule has 2 saturated heterocycles. The lowest BCUT2D eigenvalue weighted by Crippen LogP contribution is -2.31. The number of phosphoric ester groups is 1. The van der Waals surface area contributed by atoms with E-state index in [0.29, 0.717) is 17.0 Å². The van der Waals surface area contributed by atoms with Crippen LogP contribution in [0.15, 0.2) is 41.3 Å². The van der Waals surface area contributed by atoms with Gasteiger partial charge in [-0.15, -0.1) is 0 Å². The minimum absolute atomic E-state index is 0.0881. The van der Waals surface area contributed by atoms with E-state index >= 15 is 0 Å². The summed E-state index contributed by atoms with van der Waals surface area (Å²) in [6, 6.07) is 8.57. The summed E-state index contributed by atoms with van der Waals surface area (Å²) >= 11 is 6.22. The molecular weight excluding hydrogens is 449 g/mol. The summed E-state index contributed by atoms with van der Waals surface area (Å²) in [4.78, 5) is 15.8. The lowest BCUT2D eigenvalue weighted by atomic mass is 10.0. The van der Waals surface area contributed by atoms with E-state index in [1.807, 2.05) is 6.07 Å². The molecule has 2 aliphatic rings. The molecule has 3 heterocycles. The van der Waals surface area contributed by atoms with E-state index in [-0.39, 0.29) is 19.0 Å². The Morgan fingerprint density at radius 1 is 1.39 bits per heavy atom. The molecule has 0 bridgehead atoms. The van der Waals surface area contributed by atoms with Crippen molar-refractivity contribution in [3.8, 4) is 0 Å². The standard InChI is InChI=1S/C19H23ClN3O7P/c1-11-17(24)15(29-18(11)23-8-6-16(21)22-19(23)25)10-28-31(26)27-9-7-14(30-31)12-4-2-3-5-13(12)20/h2-6,8,11,14-15,17-18,24H,7,9-10H2,1H3,(H2,21,22,25)/t11-,14?,15?,17-,18+,31?/m0/s1. The van der Waals surface area contributed by atoms with Crippen LogP contribution in [0.1, 0.15) is 31.2 Å². The second kappa shape index (κ2) is 8.99. The van der Waals surface area contributed by atoms with Crippen LogP contribution in [-0.4, -0.2) is 40.1 Å². The summed E-state index contributed by atoms with van der Waals surface area (Å²) in [5.74, 6) is -0.369. The fourth-order valence-corrected chi connectivity index (χ4v) is 5.30. The van der Waals surface area contributed by atoms with Crippen LogP contribution in [0.3, 0.4) is 0 Å². The average molecular weight is 472 g/mol. The first-order chi connectivity index (χ1) is 14.8. The first-order valence-corrected chi connectivity index (χ1v) is 11.6. The highest BCUT2D eigenvalue weighted by Gasteiger charge is 2.45. The molecule has 12 heteroatoms. The number of hydrogen-bond donors (Lipinski definition) is 2. The van der Waals surface area contributed by atoms with E-state index < -0.39 is 44.0 Å². The predicted octanol–water partition coefficient (Wildman–Crippen LogP) is 2.68. The van der Waals surface area contributed by atoms with Crippen LogP contribution >= 0.6 is 19.4 Å². The van der Waals surface area contributed by atoms with Gasteiger partial charge in [-0.05, 0) is 12.1 Å². The van der Waals surface area contributed by atoms with Crippen molar-refractivity contribution in [2.45, 2.75) is 37.9 Å². The van der Waals surface area contributed by atoms with Crippen molar-refractivity contribution in [2.24, 2.45) is 5.92 Å². The summed E-state index contributed by atoms with van der Waals surface area (Å²) in [6.07, 6.45) is -1.26. The Morgan fingerprint density at radius 3 is 2.90 bits per heavy atom. The Kier molecular flexibility index (Phi) is 6.50. The highest BCUT2D eigenvalue weighted by atomic mass is 35.5. The molecule has 3 unspecified atom stereocenters. The van der Waals surface area contributed by atoms with Crippen molar-refractivity contribution in [1.82, 2.24) is 9.55 Å². The molecule has 0 saturated carbocycles. The number of phosphoric acid groups is 1. The normalized spacial score (nSPS) is 33.5. The largest absolute Gasteiger partial charge is 0.475 e. The van der Waals surface area contributed by atoms with Gasteiger partial charge >= 0.3 is 13.5 Å². The smallest absolute Gasteiger partial charge is 0.390 e. The zero-order chi connectivity index (χ0) is 22.2. The number of aliphatic hydroxyl groups excluding tert-OH is 1. The van der Waals surface area contributed by atoms with Gasteiger partial charge in [0, 0.05) is 29.1 Å². The fourth-order valence-electron chi connectivity index (χ4n) is 3.66. The molecule has 0 radical (unpaired) electrons. The summed E-state index contributed by atoms with van der Waals surface area (Å²) in [5.41, 5.74) is 5.62. The predicted molar refractivity (Wildman–Crippen MR) is 111 cm³/mol. The molecule has 3 N–H and O–H groups in total. The summed E-state index contributed by atoms with van der Waals surface area (Å²) in [6.45, 7) is 1.62. The molecule has 1 aromatic heterocycles. The van der Waals surface area contributed by atoms with Gasteiger partial charge in [-0.3, -0.25) is 18.1 Å². The van der Waals surface area contributed by atoms with Gasteiger partial charge in [0.2, 0.25) is 0 Å². The zero-order valence-electron chi connectivity index (χ0n) is 16.7. The summed E-state index contributed by atoms with van der Waals surface area (Å²) < 4.78 is 36.4. The minimum atomic E-state index is -3.91. The van der Waals surface area contributed by atoms with Gasteiger partial charge in [0.15, 0.2) is 0 Å². The topological polar surface area (TPSA) is 135 Å². The number of nitrogens with zero attached hydrogens (tertiary/aromatic N) is 2. The van der Waals surface area contributed by atoms with Gasteiger partial charge in [-0.25, -0.2) is 9.36 Å². The van der Waals surface area contributed by atoms with Crippen LogP contribution in [0, 0.1) is 5.92 Å².